The second-order valence-electron chi connectivity index (χ2n) is 7.03. The number of hydrogen-bond acceptors (Lipinski definition) is 5. The SMILES string of the molecule is C[C@@H]1CN2c3cc(F)c(F)cc3CC3(C(=O)NC(=O)NC3=O)[C@H]2[C@H](C)O1. The highest BCUT2D eigenvalue weighted by atomic mass is 19.2. The first-order chi connectivity index (χ1) is 12.2. The third-order valence-electron chi connectivity index (χ3n) is 5.35. The van der Waals surface area contributed by atoms with Gasteiger partial charge in [0, 0.05) is 24.7 Å². The van der Waals surface area contributed by atoms with E-state index in [1.54, 1.807) is 11.8 Å². The molecule has 7 nitrogen and oxygen atoms in total. The van der Waals surface area contributed by atoms with E-state index in [0.717, 1.165) is 12.1 Å². The van der Waals surface area contributed by atoms with Crippen LogP contribution in [0.15, 0.2) is 12.1 Å². The van der Waals surface area contributed by atoms with Gasteiger partial charge in [-0.1, -0.05) is 0 Å². The molecule has 3 aliphatic heterocycles. The Morgan fingerprint density at radius 1 is 1.12 bits per heavy atom. The van der Waals surface area contributed by atoms with Gasteiger partial charge in [-0.05, 0) is 25.5 Å². The monoisotopic (exact) mass is 365 g/mol. The number of barbiturate groups is 1. The molecule has 3 aliphatic rings. The highest BCUT2D eigenvalue weighted by Gasteiger charge is 2.62. The van der Waals surface area contributed by atoms with Crippen LogP contribution in [0.5, 0.6) is 0 Å². The van der Waals surface area contributed by atoms with E-state index in [9.17, 15) is 23.2 Å². The van der Waals surface area contributed by atoms with E-state index in [1.807, 2.05) is 6.92 Å². The summed E-state index contributed by atoms with van der Waals surface area (Å²) in [4.78, 5) is 38.8. The van der Waals surface area contributed by atoms with Crippen LogP contribution < -0.4 is 15.5 Å². The van der Waals surface area contributed by atoms with Crippen LogP contribution in [0.1, 0.15) is 19.4 Å². The van der Waals surface area contributed by atoms with Gasteiger partial charge in [0.2, 0.25) is 11.8 Å². The molecule has 0 saturated carbocycles. The summed E-state index contributed by atoms with van der Waals surface area (Å²) in [5, 5.41) is 4.26. The predicted octanol–water partition coefficient (Wildman–Crippen LogP) is 0.856. The van der Waals surface area contributed by atoms with Crippen molar-refractivity contribution >= 4 is 23.5 Å². The summed E-state index contributed by atoms with van der Waals surface area (Å²) in [5.41, 5.74) is -0.912. The minimum atomic E-state index is -1.68. The largest absolute Gasteiger partial charge is 0.372 e. The number of benzene rings is 1. The molecule has 1 spiro atoms. The van der Waals surface area contributed by atoms with E-state index in [4.69, 9.17) is 4.74 Å². The average molecular weight is 365 g/mol. The zero-order valence-electron chi connectivity index (χ0n) is 14.1. The number of carbonyl (C=O) groups is 3. The van der Waals surface area contributed by atoms with Gasteiger partial charge in [0.15, 0.2) is 17.0 Å². The van der Waals surface area contributed by atoms with Crippen LogP contribution in [0.2, 0.25) is 0 Å². The van der Waals surface area contributed by atoms with Crippen molar-refractivity contribution in [1.82, 2.24) is 10.6 Å². The number of ether oxygens (including phenoxy) is 1. The van der Waals surface area contributed by atoms with Gasteiger partial charge < -0.3 is 9.64 Å². The lowest BCUT2D eigenvalue weighted by Gasteiger charge is -2.55. The van der Waals surface area contributed by atoms with Crippen molar-refractivity contribution in [3.63, 3.8) is 0 Å². The molecule has 26 heavy (non-hydrogen) atoms. The molecule has 1 aromatic rings. The number of morpholine rings is 1. The van der Waals surface area contributed by atoms with Gasteiger partial charge in [0.25, 0.3) is 0 Å². The third kappa shape index (κ3) is 2.16. The summed E-state index contributed by atoms with van der Waals surface area (Å²) >= 11 is 0. The molecule has 0 radical (unpaired) electrons. The summed E-state index contributed by atoms with van der Waals surface area (Å²) in [7, 11) is 0. The fourth-order valence-electron chi connectivity index (χ4n) is 4.43. The van der Waals surface area contributed by atoms with Crippen LogP contribution in [0.25, 0.3) is 0 Å². The summed E-state index contributed by atoms with van der Waals surface area (Å²) < 4.78 is 33.5. The van der Waals surface area contributed by atoms with E-state index in [-0.39, 0.29) is 12.5 Å². The van der Waals surface area contributed by atoms with Crippen LogP contribution in [-0.2, 0) is 20.7 Å². The van der Waals surface area contributed by atoms with E-state index in [2.05, 4.69) is 10.6 Å². The predicted molar refractivity (Wildman–Crippen MR) is 85.3 cm³/mol. The number of hydrogen-bond donors (Lipinski definition) is 2. The molecule has 2 saturated heterocycles. The van der Waals surface area contributed by atoms with Crippen molar-refractivity contribution in [3.8, 4) is 0 Å². The maximum Gasteiger partial charge on any atom is 0.328 e. The summed E-state index contributed by atoms with van der Waals surface area (Å²) in [5.74, 6) is -3.58. The lowest BCUT2D eigenvalue weighted by Crippen LogP contribution is -2.75. The van der Waals surface area contributed by atoms with Gasteiger partial charge in [-0.2, -0.15) is 0 Å². The molecule has 2 N–H and O–H groups in total. The Kier molecular flexibility index (Phi) is 3.56. The van der Waals surface area contributed by atoms with E-state index in [0.29, 0.717) is 17.8 Å². The first-order valence-electron chi connectivity index (χ1n) is 8.31. The number of nitrogens with one attached hydrogen (secondary N) is 2. The molecule has 9 heteroatoms. The van der Waals surface area contributed by atoms with Crippen LogP contribution in [0.4, 0.5) is 19.3 Å². The molecule has 138 valence electrons. The highest BCUT2D eigenvalue weighted by Crippen LogP contribution is 2.47. The molecule has 4 rings (SSSR count). The van der Waals surface area contributed by atoms with E-state index >= 15 is 0 Å². The Morgan fingerprint density at radius 3 is 2.38 bits per heavy atom. The van der Waals surface area contributed by atoms with Gasteiger partial charge in [-0.25, -0.2) is 13.6 Å². The van der Waals surface area contributed by atoms with Crippen molar-refractivity contribution in [2.24, 2.45) is 5.41 Å². The number of urea groups is 1. The van der Waals surface area contributed by atoms with Crippen molar-refractivity contribution < 1.29 is 27.9 Å². The maximum absolute atomic E-state index is 13.9. The number of fused-ring (bicyclic) bond motifs is 4. The normalized spacial score (nSPS) is 29.8. The van der Waals surface area contributed by atoms with Gasteiger partial charge in [0.1, 0.15) is 0 Å². The average Bonchev–Trinajstić information content (AvgIpc) is 2.53. The first kappa shape index (κ1) is 16.9. The summed E-state index contributed by atoms with van der Waals surface area (Å²) in [6, 6.07) is 0.430. The van der Waals surface area contributed by atoms with Gasteiger partial charge in [0.05, 0.1) is 18.2 Å². The molecule has 1 aromatic carbocycles. The number of nitrogens with zero attached hydrogens (tertiary/aromatic N) is 1. The Hall–Kier alpha value is -2.55. The van der Waals surface area contributed by atoms with Crippen LogP contribution in [-0.4, -0.2) is 42.6 Å². The quantitative estimate of drug-likeness (QED) is 0.666. The third-order valence-corrected chi connectivity index (χ3v) is 5.35. The standard InChI is InChI=1S/C17H17F2N3O4/c1-7-6-22-12-4-11(19)10(18)3-9(12)5-17(13(22)8(2)26-7)14(23)20-16(25)21-15(17)24/h3-4,7-8,13H,5-6H2,1-2H3,(H2,20,21,23,24,25)/t7-,8+,13-/m1/s1. The first-order valence-corrected chi connectivity index (χ1v) is 8.31. The van der Waals surface area contributed by atoms with Crippen molar-refractivity contribution in [1.29, 1.82) is 0 Å². The number of imide groups is 2. The topological polar surface area (TPSA) is 87.7 Å². The molecular weight excluding hydrogens is 348 g/mol. The Balaban J connectivity index is 1.93. The van der Waals surface area contributed by atoms with Crippen molar-refractivity contribution in [2.45, 2.75) is 38.5 Å². The second-order valence-corrected chi connectivity index (χ2v) is 7.03. The molecular formula is C17H17F2N3O4. The van der Waals surface area contributed by atoms with Gasteiger partial charge in [-0.3, -0.25) is 20.2 Å². The molecule has 4 amide bonds. The van der Waals surface area contributed by atoms with Crippen molar-refractivity contribution in [2.75, 3.05) is 11.4 Å². The molecule has 0 unspecified atom stereocenters. The second kappa shape index (κ2) is 5.47. The summed E-state index contributed by atoms with van der Waals surface area (Å²) in [6.45, 7) is 3.83. The van der Waals surface area contributed by atoms with Crippen LogP contribution in [0.3, 0.4) is 0 Å². The number of carbonyl (C=O) groups excluding carboxylic acids is 3. The Labute approximate surface area is 147 Å². The lowest BCUT2D eigenvalue weighted by atomic mass is 9.66. The van der Waals surface area contributed by atoms with Crippen molar-refractivity contribution in [3.05, 3.63) is 29.3 Å². The van der Waals surface area contributed by atoms with Gasteiger partial charge >= 0.3 is 6.03 Å². The Bertz CT molecular complexity index is 824. The van der Waals surface area contributed by atoms with Crippen LogP contribution >= 0.6 is 0 Å². The number of anilines is 1. The smallest absolute Gasteiger partial charge is 0.328 e. The minimum Gasteiger partial charge on any atom is -0.372 e. The summed E-state index contributed by atoms with van der Waals surface area (Å²) in [6.07, 6.45) is -0.952. The molecule has 3 heterocycles. The zero-order valence-corrected chi connectivity index (χ0v) is 14.1. The molecule has 0 aliphatic carbocycles. The minimum absolute atomic E-state index is 0.159. The molecule has 2 fully saturated rings. The van der Waals surface area contributed by atoms with Crippen LogP contribution in [0, 0.1) is 17.0 Å². The number of halogens is 2. The number of amides is 4. The fraction of sp³-hybridized carbons (Fsp3) is 0.471. The zero-order chi connectivity index (χ0) is 18.8. The maximum atomic E-state index is 13.9. The van der Waals surface area contributed by atoms with Gasteiger partial charge in [-0.15, -0.1) is 0 Å². The lowest BCUT2D eigenvalue weighted by molar-refractivity contribution is -0.153. The molecule has 3 atom stereocenters. The molecule has 0 aromatic heterocycles. The highest BCUT2D eigenvalue weighted by molar-refractivity contribution is 6.20. The van der Waals surface area contributed by atoms with E-state index < -0.39 is 47.0 Å². The Morgan fingerprint density at radius 2 is 1.73 bits per heavy atom. The fourth-order valence-corrected chi connectivity index (χ4v) is 4.43. The van der Waals surface area contributed by atoms with E-state index in [1.165, 1.54) is 0 Å². The molecule has 0 bridgehead atoms. The number of rotatable bonds is 0.